The molecule has 0 aliphatic carbocycles. The first-order chi connectivity index (χ1) is 11.1. The second-order valence-electron chi connectivity index (χ2n) is 7.83. The zero-order valence-electron chi connectivity index (χ0n) is 16.2. The maximum atomic E-state index is 12.2. The molecular formula is C19H33NO3Si. The number of esters is 1. The molecular weight excluding hydrogens is 318 g/mol. The maximum absolute atomic E-state index is 12.2. The number of carbonyl (C=O) groups is 1. The molecule has 0 radical (unpaired) electrons. The molecule has 0 unspecified atom stereocenters. The first-order valence-corrected chi connectivity index (χ1v) is 11.5. The van der Waals surface area contributed by atoms with Crippen LogP contribution in [0.25, 0.3) is 0 Å². The van der Waals surface area contributed by atoms with Gasteiger partial charge >= 0.3 is 5.97 Å². The second kappa shape index (κ2) is 8.79. The van der Waals surface area contributed by atoms with E-state index in [0.29, 0.717) is 6.54 Å². The molecule has 5 heteroatoms. The average Bonchev–Trinajstić information content (AvgIpc) is 2.50. The van der Waals surface area contributed by atoms with E-state index in [1.165, 1.54) is 12.7 Å². The Bertz CT molecular complexity index is 511. The van der Waals surface area contributed by atoms with Crippen molar-refractivity contribution in [3.05, 3.63) is 35.9 Å². The van der Waals surface area contributed by atoms with Gasteiger partial charge in [-0.25, -0.2) is 0 Å². The maximum Gasteiger partial charge on any atom is 0.312 e. The molecule has 0 aliphatic heterocycles. The summed E-state index contributed by atoms with van der Waals surface area (Å²) in [6, 6.07) is 10.2. The summed E-state index contributed by atoms with van der Waals surface area (Å²) < 4.78 is 11.4. The van der Waals surface area contributed by atoms with E-state index in [1.54, 1.807) is 0 Å². The number of nitrogens with one attached hydrogen (secondary N) is 1. The Hall–Kier alpha value is -1.17. The van der Waals surface area contributed by atoms with E-state index in [9.17, 15) is 4.79 Å². The number of hydrogen-bond acceptors (Lipinski definition) is 4. The van der Waals surface area contributed by atoms with Gasteiger partial charge in [0.25, 0.3) is 0 Å². The highest BCUT2D eigenvalue weighted by Gasteiger charge is 2.40. The fourth-order valence-corrected chi connectivity index (χ4v) is 3.73. The molecule has 0 aromatic heterocycles. The van der Waals surface area contributed by atoms with E-state index < -0.39 is 8.32 Å². The number of methoxy groups -OCH3 is 1. The third-order valence-electron chi connectivity index (χ3n) is 4.89. The Labute approximate surface area is 148 Å². The fourth-order valence-electron chi connectivity index (χ4n) is 2.28. The van der Waals surface area contributed by atoms with Crippen molar-refractivity contribution in [2.75, 3.05) is 13.7 Å². The second-order valence-corrected chi connectivity index (χ2v) is 12.6. The Morgan fingerprint density at radius 1 is 1.21 bits per heavy atom. The Morgan fingerprint density at radius 3 is 2.29 bits per heavy atom. The monoisotopic (exact) mass is 351 g/mol. The molecule has 0 fully saturated rings. The first kappa shape index (κ1) is 20.9. The van der Waals surface area contributed by atoms with Gasteiger partial charge in [0.2, 0.25) is 0 Å². The van der Waals surface area contributed by atoms with Crippen molar-refractivity contribution in [3.8, 4) is 0 Å². The van der Waals surface area contributed by atoms with E-state index in [-0.39, 0.29) is 23.0 Å². The molecule has 1 aromatic carbocycles. The van der Waals surface area contributed by atoms with Gasteiger partial charge in [-0.2, -0.15) is 0 Å². The summed E-state index contributed by atoms with van der Waals surface area (Å²) in [5.41, 5.74) is 1.19. The van der Waals surface area contributed by atoms with E-state index in [2.05, 4.69) is 51.3 Å². The van der Waals surface area contributed by atoms with Crippen LogP contribution in [-0.2, 0) is 20.5 Å². The summed E-state index contributed by atoms with van der Waals surface area (Å²) in [5, 5.41) is 3.47. The lowest BCUT2D eigenvalue weighted by Gasteiger charge is -2.40. The van der Waals surface area contributed by atoms with E-state index in [4.69, 9.17) is 9.16 Å². The molecule has 0 amide bonds. The average molecular weight is 352 g/mol. The van der Waals surface area contributed by atoms with Crippen molar-refractivity contribution < 1.29 is 14.0 Å². The molecule has 1 rings (SSSR count). The van der Waals surface area contributed by atoms with Gasteiger partial charge in [-0.1, -0.05) is 51.1 Å². The van der Waals surface area contributed by atoms with Gasteiger partial charge in [0.05, 0.1) is 19.1 Å². The fraction of sp³-hybridized carbons (Fsp3) is 0.632. The van der Waals surface area contributed by atoms with Crippen LogP contribution in [0.2, 0.25) is 18.1 Å². The van der Waals surface area contributed by atoms with Gasteiger partial charge in [0, 0.05) is 13.1 Å². The molecule has 0 bridgehead atoms. The summed E-state index contributed by atoms with van der Waals surface area (Å²) >= 11 is 0. The Balaban J connectivity index is 2.69. The van der Waals surface area contributed by atoms with Gasteiger partial charge in [-0.3, -0.25) is 4.79 Å². The highest BCUT2D eigenvalue weighted by atomic mass is 28.4. The van der Waals surface area contributed by atoms with Crippen molar-refractivity contribution in [1.29, 1.82) is 0 Å². The number of benzene rings is 1. The standard InChI is InChI=1S/C19H33NO3Si/c1-15(23-24(6,7)19(2,3)4)17(18(21)22-5)14-20-13-16-11-9-8-10-12-16/h8-12,15,17,20H,13-14H2,1-7H3/t15-,17+/m1/s1. The van der Waals surface area contributed by atoms with E-state index >= 15 is 0 Å². The predicted molar refractivity (Wildman–Crippen MR) is 101 cm³/mol. The minimum absolute atomic E-state index is 0.111. The van der Waals surface area contributed by atoms with Crippen molar-refractivity contribution in [2.24, 2.45) is 5.92 Å². The molecule has 0 saturated carbocycles. The molecule has 0 saturated heterocycles. The molecule has 1 aromatic rings. The smallest absolute Gasteiger partial charge is 0.312 e. The molecule has 0 aliphatic rings. The van der Waals surface area contributed by atoms with Crippen molar-refractivity contribution in [1.82, 2.24) is 5.32 Å². The summed E-state index contributed by atoms with van der Waals surface area (Å²) in [4.78, 5) is 12.2. The lowest BCUT2D eigenvalue weighted by molar-refractivity contribution is -0.148. The zero-order chi connectivity index (χ0) is 18.4. The summed E-state index contributed by atoms with van der Waals surface area (Å²) in [6.45, 7) is 14.3. The van der Waals surface area contributed by atoms with Crippen LogP contribution in [0.4, 0.5) is 0 Å². The molecule has 24 heavy (non-hydrogen) atoms. The largest absolute Gasteiger partial charge is 0.469 e. The number of rotatable bonds is 8. The lowest BCUT2D eigenvalue weighted by Crippen LogP contribution is -2.48. The molecule has 0 heterocycles. The predicted octanol–water partition coefficient (Wildman–Crippen LogP) is 3.98. The minimum atomic E-state index is -1.93. The first-order valence-electron chi connectivity index (χ1n) is 8.59. The molecule has 1 N–H and O–H groups in total. The Morgan fingerprint density at radius 2 is 1.79 bits per heavy atom. The van der Waals surface area contributed by atoms with Gasteiger partial charge in [-0.05, 0) is 30.6 Å². The summed E-state index contributed by atoms with van der Waals surface area (Å²) in [6.07, 6.45) is -0.179. The highest BCUT2D eigenvalue weighted by Crippen LogP contribution is 2.38. The summed E-state index contributed by atoms with van der Waals surface area (Å²) in [5.74, 6) is -0.533. The number of hydrogen-bond donors (Lipinski definition) is 1. The third kappa shape index (κ3) is 6.04. The van der Waals surface area contributed by atoms with Gasteiger partial charge in [-0.15, -0.1) is 0 Å². The molecule has 4 nitrogen and oxygen atoms in total. The van der Waals surface area contributed by atoms with E-state index in [1.807, 2.05) is 25.1 Å². The van der Waals surface area contributed by atoms with Crippen LogP contribution in [0.15, 0.2) is 30.3 Å². The van der Waals surface area contributed by atoms with Crippen LogP contribution in [0.3, 0.4) is 0 Å². The highest BCUT2D eigenvalue weighted by molar-refractivity contribution is 6.74. The molecule has 2 atom stereocenters. The van der Waals surface area contributed by atoms with Gasteiger partial charge < -0.3 is 14.5 Å². The lowest BCUT2D eigenvalue weighted by atomic mass is 10.0. The number of ether oxygens (including phenoxy) is 1. The third-order valence-corrected chi connectivity index (χ3v) is 9.47. The van der Waals surface area contributed by atoms with E-state index in [0.717, 1.165) is 6.54 Å². The quantitative estimate of drug-likeness (QED) is 0.568. The van der Waals surface area contributed by atoms with Crippen molar-refractivity contribution >= 4 is 14.3 Å². The van der Waals surface area contributed by atoms with Crippen LogP contribution in [0.5, 0.6) is 0 Å². The molecule has 136 valence electrons. The van der Waals surface area contributed by atoms with Gasteiger partial charge in [0.15, 0.2) is 8.32 Å². The van der Waals surface area contributed by atoms with Crippen molar-refractivity contribution in [2.45, 2.75) is 58.5 Å². The topological polar surface area (TPSA) is 47.6 Å². The Kier molecular flexibility index (Phi) is 7.64. The zero-order valence-corrected chi connectivity index (χ0v) is 17.2. The van der Waals surface area contributed by atoms with Crippen LogP contribution in [0.1, 0.15) is 33.3 Å². The van der Waals surface area contributed by atoms with Crippen LogP contribution in [0, 0.1) is 5.92 Å². The minimum Gasteiger partial charge on any atom is -0.469 e. The summed E-state index contributed by atoms with van der Waals surface area (Å²) in [7, 11) is -0.492. The van der Waals surface area contributed by atoms with Crippen LogP contribution in [-0.4, -0.2) is 34.0 Å². The normalized spacial score (nSPS) is 15.0. The number of carbonyl (C=O) groups excluding carboxylic acids is 1. The van der Waals surface area contributed by atoms with Gasteiger partial charge in [0.1, 0.15) is 0 Å². The van der Waals surface area contributed by atoms with Crippen LogP contribution < -0.4 is 5.32 Å². The molecule has 0 spiro atoms. The van der Waals surface area contributed by atoms with Crippen LogP contribution >= 0.6 is 0 Å². The SMILES string of the molecule is COC(=O)[C@@H](CNCc1ccccc1)[C@@H](C)O[Si](C)(C)C(C)(C)C. The van der Waals surface area contributed by atoms with Crippen molar-refractivity contribution in [3.63, 3.8) is 0 Å².